The van der Waals surface area contributed by atoms with E-state index in [0.717, 1.165) is 12.0 Å². The van der Waals surface area contributed by atoms with Gasteiger partial charge < -0.3 is 4.74 Å². The number of hydrogen-bond acceptors (Lipinski definition) is 2. The van der Waals surface area contributed by atoms with Crippen LogP contribution >= 0.6 is 0 Å². The first-order valence-electron chi connectivity index (χ1n) is 3.05. The predicted molar refractivity (Wildman–Crippen MR) is 45.2 cm³/mol. The molecular formula is C8H9NaO2. The predicted octanol–water partition coefficient (Wildman–Crippen LogP) is 0.616. The standard InChI is InChI=1S/C8H8O2.Na.H/c9-6-7-10-8-4-2-1-3-5-8;;/h1-6H,7H2;;. The van der Waals surface area contributed by atoms with E-state index in [0.29, 0.717) is 0 Å². The second-order valence-corrected chi connectivity index (χ2v) is 1.79. The normalized spacial score (nSPS) is 8.00. The molecule has 54 valence electrons. The van der Waals surface area contributed by atoms with E-state index in [1.54, 1.807) is 0 Å². The summed E-state index contributed by atoms with van der Waals surface area (Å²) in [7, 11) is 0. The van der Waals surface area contributed by atoms with Crippen LogP contribution in [0.3, 0.4) is 0 Å². The summed E-state index contributed by atoms with van der Waals surface area (Å²) in [5.41, 5.74) is 0. The van der Waals surface area contributed by atoms with Gasteiger partial charge in [0.05, 0.1) is 0 Å². The van der Waals surface area contributed by atoms with Crippen LogP contribution in [0.15, 0.2) is 30.3 Å². The Balaban J connectivity index is 0.000001000. The van der Waals surface area contributed by atoms with E-state index in [-0.39, 0.29) is 36.2 Å². The molecular weight excluding hydrogens is 151 g/mol. The third-order valence-electron chi connectivity index (χ3n) is 1.06. The fourth-order valence-electron chi connectivity index (χ4n) is 0.647. The van der Waals surface area contributed by atoms with Gasteiger partial charge in [-0.15, -0.1) is 0 Å². The number of carbonyl (C=O) groups is 1. The van der Waals surface area contributed by atoms with Gasteiger partial charge in [0.25, 0.3) is 0 Å². The van der Waals surface area contributed by atoms with E-state index in [1.165, 1.54) is 0 Å². The van der Waals surface area contributed by atoms with Gasteiger partial charge in [0.1, 0.15) is 12.4 Å². The Kier molecular flexibility index (Phi) is 6.22. The molecule has 0 radical (unpaired) electrons. The summed E-state index contributed by atoms with van der Waals surface area (Å²) in [6, 6.07) is 9.24. The van der Waals surface area contributed by atoms with E-state index in [4.69, 9.17) is 4.74 Å². The van der Waals surface area contributed by atoms with Gasteiger partial charge in [-0.25, -0.2) is 0 Å². The summed E-state index contributed by atoms with van der Waals surface area (Å²) in [5.74, 6) is 0.731. The summed E-state index contributed by atoms with van der Waals surface area (Å²) >= 11 is 0. The van der Waals surface area contributed by atoms with Crippen molar-refractivity contribution in [3.05, 3.63) is 30.3 Å². The molecule has 0 saturated heterocycles. The van der Waals surface area contributed by atoms with Crippen LogP contribution in [0.1, 0.15) is 0 Å². The van der Waals surface area contributed by atoms with Gasteiger partial charge in [0.2, 0.25) is 0 Å². The van der Waals surface area contributed by atoms with Crippen molar-refractivity contribution in [3.63, 3.8) is 0 Å². The first-order chi connectivity index (χ1) is 4.93. The Morgan fingerprint density at radius 2 is 1.91 bits per heavy atom. The summed E-state index contributed by atoms with van der Waals surface area (Å²) in [6.45, 7) is 0.129. The zero-order chi connectivity index (χ0) is 7.23. The van der Waals surface area contributed by atoms with E-state index in [2.05, 4.69) is 0 Å². The minimum atomic E-state index is 0. The van der Waals surface area contributed by atoms with E-state index in [1.807, 2.05) is 30.3 Å². The Morgan fingerprint density at radius 3 is 2.45 bits per heavy atom. The number of aldehydes is 1. The second-order valence-electron chi connectivity index (χ2n) is 1.79. The third kappa shape index (κ3) is 4.19. The van der Waals surface area contributed by atoms with Crippen molar-refractivity contribution in [3.8, 4) is 5.75 Å². The molecule has 0 saturated carbocycles. The maximum absolute atomic E-state index is 9.85. The number of carbonyl (C=O) groups excluding carboxylic acids is 1. The molecule has 0 N–H and O–H groups in total. The van der Waals surface area contributed by atoms with Gasteiger partial charge >= 0.3 is 29.6 Å². The fourth-order valence-corrected chi connectivity index (χ4v) is 0.647. The zero-order valence-electron chi connectivity index (χ0n) is 5.49. The van der Waals surface area contributed by atoms with Crippen LogP contribution in [-0.4, -0.2) is 42.5 Å². The first-order valence-corrected chi connectivity index (χ1v) is 3.05. The molecule has 0 aliphatic heterocycles. The quantitative estimate of drug-likeness (QED) is 0.478. The maximum atomic E-state index is 9.85. The van der Waals surface area contributed by atoms with Crippen LogP contribution in [0.2, 0.25) is 0 Å². The van der Waals surface area contributed by atoms with Crippen molar-refractivity contribution in [1.82, 2.24) is 0 Å². The molecule has 2 nitrogen and oxygen atoms in total. The molecule has 3 heteroatoms. The minimum absolute atomic E-state index is 0. The molecule has 0 aliphatic carbocycles. The fraction of sp³-hybridized carbons (Fsp3) is 0.125. The van der Waals surface area contributed by atoms with Crippen molar-refractivity contribution < 1.29 is 9.53 Å². The van der Waals surface area contributed by atoms with Gasteiger partial charge in [-0.05, 0) is 12.1 Å². The van der Waals surface area contributed by atoms with Crippen molar-refractivity contribution in [2.45, 2.75) is 0 Å². The van der Waals surface area contributed by atoms with Crippen LogP contribution in [0.25, 0.3) is 0 Å². The topological polar surface area (TPSA) is 26.3 Å². The van der Waals surface area contributed by atoms with Gasteiger partial charge in [-0.2, -0.15) is 0 Å². The SMILES string of the molecule is O=CCOc1ccccc1.[NaH]. The molecule has 0 bridgehead atoms. The molecule has 0 aliphatic rings. The van der Waals surface area contributed by atoms with Gasteiger partial charge in [-0.3, -0.25) is 4.79 Å². The summed E-state index contributed by atoms with van der Waals surface area (Å²) in [4.78, 5) is 9.85. The zero-order valence-corrected chi connectivity index (χ0v) is 5.49. The van der Waals surface area contributed by atoms with E-state index >= 15 is 0 Å². The van der Waals surface area contributed by atoms with Gasteiger partial charge in [0.15, 0.2) is 6.29 Å². The van der Waals surface area contributed by atoms with Crippen LogP contribution in [0, 0.1) is 0 Å². The monoisotopic (exact) mass is 160 g/mol. The van der Waals surface area contributed by atoms with Crippen LogP contribution < -0.4 is 4.74 Å². The van der Waals surface area contributed by atoms with Gasteiger partial charge in [0, 0.05) is 0 Å². The van der Waals surface area contributed by atoms with Crippen molar-refractivity contribution in [1.29, 1.82) is 0 Å². The molecule has 0 unspecified atom stereocenters. The Morgan fingerprint density at radius 1 is 1.27 bits per heavy atom. The Labute approximate surface area is 87.8 Å². The second kappa shape index (κ2) is 6.40. The van der Waals surface area contributed by atoms with Crippen LogP contribution in [0.5, 0.6) is 5.75 Å². The molecule has 0 aromatic heterocycles. The number of benzene rings is 1. The summed E-state index contributed by atoms with van der Waals surface area (Å²) in [6.07, 6.45) is 0.729. The average Bonchev–Trinajstić information content (AvgIpc) is 2.03. The number of ether oxygens (including phenoxy) is 1. The number of para-hydroxylation sites is 1. The number of rotatable bonds is 3. The summed E-state index contributed by atoms with van der Waals surface area (Å²) in [5, 5.41) is 0. The summed E-state index contributed by atoms with van der Waals surface area (Å²) < 4.78 is 4.99. The molecule has 11 heavy (non-hydrogen) atoms. The Bertz CT molecular complexity index is 199. The van der Waals surface area contributed by atoms with Crippen LogP contribution in [-0.2, 0) is 4.79 Å². The molecule has 0 amide bonds. The molecule has 0 atom stereocenters. The molecule has 1 rings (SSSR count). The molecule has 0 heterocycles. The molecule has 0 spiro atoms. The average molecular weight is 160 g/mol. The molecule has 1 aromatic rings. The van der Waals surface area contributed by atoms with Crippen molar-refractivity contribution in [2.24, 2.45) is 0 Å². The third-order valence-corrected chi connectivity index (χ3v) is 1.06. The number of hydrogen-bond donors (Lipinski definition) is 0. The van der Waals surface area contributed by atoms with Crippen molar-refractivity contribution >= 4 is 35.8 Å². The van der Waals surface area contributed by atoms with Gasteiger partial charge in [-0.1, -0.05) is 18.2 Å². The Hall–Kier alpha value is -0.310. The molecule has 0 fully saturated rings. The first kappa shape index (κ1) is 10.7. The molecule has 1 aromatic carbocycles. The van der Waals surface area contributed by atoms with E-state index in [9.17, 15) is 4.79 Å². The van der Waals surface area contributed by atoms with Crippen LogP contribution in [0.4, 0.5) is 0 Å². The van der Waals surface area contributed by atoms with E-state index < -0.39 is 0 Å². The van der Waals surface area contributed by atoms with Crippen molar-refractivity contribution in [2.75, 3.05) is 6.61 Å².